The maximum Gasteiger partial charge on any atom is 0.273 e. The summed E-state index contributed by atoms with van der Waals surface area (Å²) in [5.41, 5.74) is 5.21. The summed E-state index contributed by atoms with van der Waals surface area (Å²) >= 11 is 0. The summed E-state index contributed by atoms with van der Waals surface area (Å²) in [5, 5.41) is 10.5. The second kappa shape index (κ2) is 5.18. The molecule has 1 amide bonds. The molecule has 0 atom stereocenters. The first-order valence-corrected chi connectivity index (χ1v) is 3.62. The quantitative estimate of drug-likeness (QED) is 0.605. The van der Waals surface area contributed by atoms with Crippen LogP contribution in [-0.4, -0.2) is 10.8 Å². The highest BCUT2D eigenvalue weighted by Crippen LogP contribution is 2.17. The highest BCUT2D eigenvalue weighted by atomic mass is 35.5. The van der Waals surface area contributed by atoms with Crippen LogP contribution in [0.4, 0.5) is 5.69 Å². The molecule has 1 rings (SSSR count). The maximum absolute atomic E-state index is 10.5. The largest absolute Gasteiger partial charge is 0.369 e. The third-order valence-electron chi connectivity index (χ3n) is 1.55. The molecule has 0 spiro atoms. The number of nitro groups is 1. The van der Waals surface area contributed by atoms with E-state index in [-0.39, 0.29) is 24.5 Å². The number of benzene rings is 1. The Hall–Kier alpha value is -1.62. The molecule has 0 unspecified atom stereocenters. The minimum absolute atomic E-state index is 0. The minimum Gasteiger partial charge on any atom is -0.369 e. The van der Waals surface area contributed by atoms with Crippen molar-refractivity contribution >= 4 is 24.0 Å². The molecule has 76 valence electrons. The number of amides is 1. The number of hydrogen-bond donors (Lipinski definition) is 1. The molecule has 0 aliphatic heterocycles. The van der Waals surface area contributed by atoms with Crippen LogP contribution in [0.25, 0.3) is 0 Å². The van der Waals surface area contributed by atoms with Gasteiger partial charge in [-0.05, 0) is 0 Å². The fraction of sp³-hybridized carbons (Fsp3) is 0.125. The van der Waals surface area contributed by atoms with Crippen LogP contribution in [0.15, 0.2) is 24.3 Å². The van der Waals surface area contributed by atoms with Gasteiger partial charge in [-0.15, -0.1) is 12.4 Å². The van der Waals surface area contributed by atoms with Crippen molar-refractivity contribution in [3.05, 3.63) is 39.9 Å². The van der Waals surface area contributed by atoms with Crippen molar-refractivity contribution in [3.63, 3.8) is 0 Å². The molecule has 1 aromatic rings. The topological polar surface area (TPSA) is 86.2 Å². The number of nitrogens with zero attached hydrogens (tertiary/aromatic N) is 1. The zero-order valence-corrected chi connectivity index (χ0v) is 7.99. The average molecular weight is 217 g/mol. The number of carbonyl (C=O) groups excluding carboxylic acids is 1. The molecular formula is C8H9ClN2O3. The summed E-state index contributed by atoms with van der Waals surface area (Å²) in [6.45, 7) is 0. The van der Waals surface area contributed by atoms with Gasteiger partial charge in [0.25, 0.3) is 5.69 Å². The Kier molecular flexibility index (Phi) is 4.58. The number of para-hydroxylation sites is 1. The van der Waals surface area contributed by atoms with Gasteiger partial charge in [-0.2, -0.15) is 0 Å². The molecule has 0 aliphatic carbocycles. The third-order valence-corrected chi connectivity index (χ3v) is 1.55. The zero-order chi connectivity index (χ0) is 9.84. The van der Waals surface area contributed by atoms with E-state index in [4.69, 9.17) is 5.73 Å². The molecule has 2 N–H and O–H groups in total. The molecule has 0 fully saturated rings. The normalized spacial score (nSPS) is 8.86. The van der Waals surface area contributed by atoms with Gasteiger partial charge in [0.2, 0.25) is 5.91 Å². The van der Waals surface area contributed by atoms with E-state index in [0.29, 0.717) is 5.56 Å². The Morgan fingerprint density at radius 2 is 2.00 bits per heavy atom. The first-order chi connectivity index (χ1) is 6.11. The minimum atomic E-state index is -0.575. The van der Waals surface area contributed by atoms with E-state index in [1.54, 1.807) is 12.1 Å². The maximum atomic E-state index is 10.5. The van der Waals surface area contributed by atoms with Gasteiger partial charge >= 0.3 is 0 Å². The number of hydrogen-bond acceptors (Lipinski definition) is 3. The van der Waals surface area contributed by atoms with Gasteiger partial charge in [0.15, 0.2) is 0 Å². The molecule has 0 radical (unpaired) electrons. The van der Waals surface area contributed by atoms with Gasteiger partial charge in [0.05, 0.1) is 11.3 Å². The van der Waals surface area contributed by atoms with E-state index in [9.17, 15) is 14.9 Å². The van der Waals surface area contributed by atoms with Crippen molar-refractivity contribution in [1.29, 1.82) is 0 Å². The molecule has 0 saturated heterocycles. The predicted octanol–water partition coefficient (Wildman–Crippen LogP) is 1.04. The summed E-state index contributed by atoms with van der Waals surface area (Å²) in [4.78, 5) is 20.5. The summed E-state index contributed by atoms with van der Waals surface area (Å²) in [7, 11) is 0. The number of nitrogens with two attached hydrogens (primary N) is 1. The number of rotatable bonds is 3. The first-order valence-electron chi connectivity index (χ1n) is 3.62. The SMILES string of the molecule is Cl.NC(=O)Cc1ccccc1[N+](=O)[O-]. The van der Waals surface area contributed by atoms with E-state index >= 15 is 0 Å². The van der Waals surface area contributed by atoms with Crippen molar-refractivity contribution < 1.29 is 9.72 Å². The zero-order valence-electron chi connectivity index (χ0n) is 7.17. The van der Waals surface area contributed by atoms with Gasteiger partial charge < -0.3 is 5.73 Å². The fourth-order valence-corrected chi connectivity index (χ4v) is 1.03. The van der Waals surface area contributed by atoms with E-state index in [1.807, 2.05) is 0 Å². The molecule has 0 saturated carbocycles. The van der Waals surface area contributed by atoms with Crippen molar-refractivity contribution in [2.75, 3.05) is 0 Å². The number of halogens is 1. The lowest BCUT2D eigenvalue weighted by Crippen LogP contribution is -2.14. The Morgan fingerprint density at radius 1 is 1.43 bits per heavy atom. The van der Waals surface area contributed by atoms with Crippen LogP contribution in [0.2, 0.25) is 0 Å². The molecule has 14 heavy (non-hydrogen) atoms. The molecule has 0 bridgehead atoms. The van der Waals surface area contributed by atoms with Crippen LogP contribution >= 0.6 is 12.4 Å². The van der Waals surface area contributed by atoms with Crippen LogP contribution in [0.1, 0.15) is 5.56 Å². The lowest BCUT2D eigenvalue weighted by atomic mass is 10.1. The second-order valence-electron chi connectivity index (χ2n) is 2.53. The van der Waals surface area contributed by atoms with Gasteiger partial charge in [-0.3, -0.25) is 14.9 Å². The van der Waals surface area contributed by atoms with Crippen molar-refractivity contribution in [2.24, 2.45) is 5.73 Å². The highest BCUT2D eigenvalue weighted by Gasteiger charge is 2.13. The molecule has 1 aromatic carbocycles. The second-order valence-corrected chi connectivity index (χ2v) is 2.53. The molecule has 0 aliphatic rings. The average Bonchev–Trinajstić information content (AvgIpc) is 2.03. The van der Waals surface area contributed by atoms with Crippen LogP contribution in [-0.2, 0) is 11.2 Å². The monoisotopic (exact) mass is 216 g/mol. The first kappa shape index (κ1) is 12.4. The lowest BCUT2D eigenvalue weighted by Gasteiger charge is -1.98. The Morgan fingerprint density at radius 3 is 2.50 bits per heavy atom. The van der Waals surface area contributed by atoms with Crippen LogP contribution < -0.4 is 5.73 Å². The van der Waals surface area contributed by atoms with E-state index in [2.05, 4.69) is 0 Å². The standard InChI is InChI=1S/C8H8N2O3.ClH/c9-8(11)5-6-3-1-2-4-7(6)10(12)13;/h1-4H,5H2,(H2,9,11);1H. The summed E-state index contributed by atoms with van der Waals surface area (Å²) in [6.07, 6.45) is -0.100. The van der Waals surface area contributed by atoms with Gasteiger partial charge in [-0.25, -0.2) is 0 Å². The van der Waals surface area contributed by atoms with E-state index < -0.39 is 10.8 Å². The third kappa shape index (κ3) is 3.02. The highest BCUT2D eigenvalue weighted by molar-refractivity contribution is 5.85. The molecule has 5 nitrogen and oxygen atoms in total. The van der Waals surface area contributed by atoms with Crippen molar-refractivity contribution in [1.82, 2.24) is 0 Å². The Labute approximate surface area is 86.5 Å². The molecule has 0 aromatic heterocycles. The Bertz CT molecular complexity index is 354. The lowest BCUT2D eigenvalue weighted by molar-refractivity contribution is -0.385. The van der Waals surface area contributed by atoms with E-state index in [0.717, 1.165) is 0 Å². The van der Waals surface area contributed by atoms with Crippen LogP contribution in [0.5, 0.6) is 0 Å². The molecule has 0 heterocycles. The number of carbonyl (C=O) groups is 1. The van der Waals surface area contributed by atoms with Crippen molar-refractivity contribution in [2.45, 2.75) is 6.42 Å². The number of nitro benzene ring substituents is 1. The van der Waals surface area contributed by atoms with Gasteiger partial charge in [0, 0.05) is 11.6 Å². The van der Waals surface area contributed by atoms with Crippen molar-refractivity contribution in [3.8, 4) is 0 Å². The smallest absolute Gasteiger partial charge is 0.273 e. The summed E-state index contributed by atoms with van der Waals surface area (Å²) < 4.78 is 0. The predicted molar refractivity (Wildman–Crippen MR) is 53.2 cm³/mol. The number of primary amides is 1. The summed E-state index contributed by atoms with van der Waals surface area (Å²) in [5.74, 6) is -0.575. The molecule has 6 heteroatoms. The summed E-state index contributed by atoms with van der Waals surface area (Å²) in [6, 6.07) is 6.04. The Balaban J connectivity index is 0.00000169. The fourth-order valence-electron chi connectivity index (χ4n) is 1.03. The van der Waals surface area contributed by atoms with Crippen LogP contribution in [0.3, 0.4) is 0 Å². The van der Waals surface area contributed by atoms with E-state index in [1.165, 1.54) is 12.1 Å². The van der Waals surface area contributed by atoms with Gasteiger partial charge in [0.1, 0.15) is 0 Å². The van der Waals surface area contributed by atoms with Gasteiger partial charge in [-0.1, -0.05) is 18.2 Å². The molecular weight excluding hydrogens is 208 g/mol. The van der Waals surface area contributed by atoms with Crippen LogP contribution in [0, 0.1) is 10.1 Å².